The van der Waals surface area contributed by atoms with Crippen LogP contribution in [0.5, 0.6) is 0 Å². The second-order valence-corrected chi connectivity index (χ2v) is 4.16. The van der Waals surface area contributed by atoms with Crippen LogP contribution in [0.15, 0.2) is 39.7 Å². The number of aryl methyl sites for hydroxylation is 2. The van der Waals surface area contributed by atoms with Crippen LogP contribution in [0.1, 0.15) is 17.1 Å². The molecule has 2 aromatic rings. The van der Waals surface area contributed by atoms with E-state index in [0.717, 1.165) is 5.76 Å². The van der Waals surface area contributed by atoms with Crippen molar-refractivity contribution in [3.63, 3.8) is 0 Å². The van der Waals surface area contributed by atoms with Gasteiger partial charge in [0, 0.05) is 18.3 Å². The Hall–Kier alpha value is -2.56. The highest BCUT2D eigenvalue weighted by atomic mass is 16.3. The average molecular weight is 258 g/mol. The molecule has 0 aliphatic heterocycles. The molecule has 0 aliphatic carbocycles. The highest BCUT2D eigenvalue weighted by Crippen LogP contribution is 2.11. The lowest BCUT2D eigenvalue weighted by molar-refractivity contribution is -0.111. The van der Waals surface area contributed by atoms with E-state index >= 15 is 0 Å². The quantitative estimate of drug-likeness (QED) is 0.829. The molecule has 5 nitrogen and oxygen atoms in total. The molecule has 0 spiro atoms. The van der Waals surface area contributed by atoms with E-state index in [0.29, 0.717) is 17.0 Å². The van der Waals surface area contributed by atoms with Gasteiger partial charge in [-0.3, -0.25) is 9.59 Å². The fourth-order valence-electron chi connectivity index (χ4n) is 1.58. The van der Waals surface area contributed by atoms with Gasteiger partial charge >= 0.3 is 0 Å². The number of furan rings is 1. The zero-order valence-electron chi connectivity index (χ0n) is 10.7. The van der Waals surface area contributed by atoms with Gasteiger partial charge in [0.15, 0.2) is 0 Å². The zero-order valence-corrected chi connectivity index (χ0v) is 10.7. The number of carbonyl (C=O) groups is 1. The first-order valence-corrected chi connectivity index (χ1v) is 5.79. The van der Waals surface area contributed by atoms with Gasteiger partial charge in [-0.15, -0.1) is 0 Å². The number of nitrogens with one attached hydrogen (secondary N) is 2. The summed E-state index contributed by atoms with van der Waals surface area (Å²) in [6.45, 7) is 3.59. The average Bonchev–Trinajstić information content (AvgIpc) is 2.76. The molecule has 5 heteroatoms. The lowest BCUT2D eigenvalue weighted by Gasteiger charge is -2.04. The van der Waals surface area contributed by atoms with Crippen molar-refractivity contribution in [1.82, 2.24) is 4.98 Å². The van der Waals surface area contributed by atoms with Crippen LogP contribution in [0.25, 0.3) is 6.08 Å². The SMILES string of the molecule is Cc1ccc(C=CC(=O)Nc2c[nH]c(=O)cc2C)o1. The van der Waals surface area contributed by atoms with E-state index in [1.807, 2.05) is 13.0 Å². The third-order valence-corrected chi connectivity index (χ3v) is 2.55. The Kier molecular flexibility index (Phi) is 3.66. The van der Waals surface area contributed by atoms with Crippen molar-refractivity contribution >= 4 is 17.7 Å². The maximum atomic E-state index is 11.7. The second kappa shape index (κ2) is 5.39. The van der Waals surface area contributed by atoms with Gasteiger partial charge in [0.05, 0.1) is 5.69 Å². The Labute approximate surface area is 110 Å². The fourth-order valence-corrected chi connectivity index (χ4v) is 1.58. The van der Waals surface area contributed by atoms with Crippen LogP contribution in [0, 0.1) is 13.8 Å². The van der Waals surface area contributed by atoms with E-state index < -0.39 is 0 Å². The largest absolute Gasteiger partial charge is 0.462 e. The number of hydrogen-bond acceptors (Lipinski definition) is 3. The topological polar surface area (TPSA) is 75.1 Å². The molecule has 0 atom stereocenters. The van der Waals surface area contributed by atoms with Crippen molar-refractivity contribution in [3.8, 4) is 0 Å². The van der Waals surface area contributed by atoms with Crippen LogP contribution in [-0.4, -0.2) is 10.9 Å². The van der Waals surface area contributed by atoms with E-state index in [4.69, 9.17) is 4.42 Å². The number of pyridine rings is 1. The lowest BCUT2D eigenvalue weighted by atomic mass is 10.2. The van der Waals surface area contributed by atoms with E-state index in [1.165, 1.54) is 18.3 Å². The summed E-state index contributed by atoms with van der Waals surface area (Å²) in [7, 11) is 0. The Morgan fingerprint density at radius 2 is 2.16 bits per heavy atom. The van der Waals surface area contributed by atoms with E-state index in [9.17, 15) is 9.59 Å². The van der Waals surface area contributed by atoms with Crippen molar-refractivity contribution in [1.29, 1.82) is 0 Å². The molecule has 2 aromatic heterocycles. The smallest absolute Gasteiger partial charge is 0.248 e. The molecule has 0 saturated carbocycles. The Bertz CT molecular complexity index is 680. The number of hydrogen-bond donors (Lipinski definition) is 2. The summed E-state index contributed by atoms with van der Waals surface area (Å²) >= 11 is 0. The molecule has 2 N–H and O–H groups in total. The van der Waals surface area contributed by atoms with Gasteiger partial charge in [-0.1, -0.05) is 0 Å². The maximum absolute atomic E-state index is 11.7. The van der Waals surface area contributed by atoms with Crippen molar-refractivity contribution in [2.75, 3.05) is 5.32 Å². The molecule has 1 amide bonds. The molecule has 0 saturated heterocycles. The molecule has 0 aromatic carbocycles. The highest BCUT2D eigenvalue weighted by Gasteiger charge is 2.02. The third-order valence-electron chi connectivity index (χ3n) is 2.55. The Morgan fingerprint density at radius 1 is 1.37 bits per heavy atom. The first kappa shape index (κ1) is 12.9. The predicted molar refractivity (Wildman–Crippen MR) is 72.9 cm³/mol. The van der Waals surface area contributed by atoms with E-state index in [-0.39, 0.29) is 11.5 Å². The number of aromatic nitrogens is 1. The summed E-state index contributed by atoms with van der Waals surface area (Å²) in [5.74, 6) is 1.12. The van der Waals surface area contributed by atoms with Gasteiger partial charge in [-0.25, -0.2) is 0 Å². The standard InChI is InChI=1S/C14H14N2O3/c1-9-7-14(18)15-8-12(9)16-13(17)6-5-11-4-3-10(2)19-11/h3-8H,1-2H3,(H,15,18)(H,16,17). The molecule has 0 bridgehead atoms. The monoisotopic (exact) mass is 258 g/mol. The highest BCUT2D eigenvalue weighted by molar-refractivity contribution is 6.02. The molecule has 2 heterocycles. The number of anilines is 1. The normalized spacial score (nSPS) is 10.8. The van der Waals surface area contributed by atoms with Gasteiger partial charge < -0.3 is 14.7 Å². The summed E-state index contributed by atoms with van der Waals surface area (Å²) in [5, 5.41) is 2.68. The van der Waals surface area contributed by atoms with E-state index in [1.54, 1.807) is 19.1 Å². The van der Waals surface area contributed by atoms with Crippen molar-refractivity contribution in [3.05, 3.63) is 57.9 Å². The van der Waals surface area contributed by atoms with Gasteiger partial charge in [0.25, 0.3) is 0 Å². The maximum Gasteiger partial charge on any atom is 0.248 e. The van der Waals surface area contributed by atoms with Crippen molar-refractivity contribution < 1.29 is 9.21 Å². The van der Waals surface area contributed by atoms with Crippen molar-refractivity contribution in [2.45, 2.75) is 13.8 Å². The molecule has 0 unspecified atom stereocenters. The van der Waals surface area contributed by atoms with E-state index in [2.05, 4.69) is 10.3 Å². The summed E-state index contributed by atoms with van der Waals surface area (Å²) in [6, 6.07) is 5.03. The second-order valence-electron chi connectivity index (χ2n) is 4.16. The molecule has 19 heavy (non-hydrogen) atoms. The third kappa shape index (κ3) is 3.45. The minimum Gasteiger partial charge on any atom is -0.462 e. The van der Waals surface area contributed by atoms with Crippen LogP contribution >= 0.6 is 0 Å². The fraction of sp³-hybridized carbons (Fsp3) is 0.143. The lowest BCUT2D eigenvalue weighted by Crippen LogP contribution is -2.12. The summed E-state index contributed by atoms with van der Waals surface area (Å²) in [6.07, 6.45) is 4.44. The molecule has 2 rings (SSSR count). The molecular weight excluding hydrogens is 244 g/mol. The molecule has 0 fully saturated rings. The number of amides is 1. The zero-order chi connectivity index (χ0) is 13.8. The minimum absolute atomic E-state index is 0.197. The number of aromatic amines is 1. The molecule has 98 valence electrons. The van der Waals surface area contributed by atoms with Gasteiger partial charge in [0.2, 0.25) is 11.5 Å². The predicted octanol–water partition coefficient (Wildman–Crippen LogP) is 2.24. The minimum atomic E-state index is -0.288. The van der Waals surface area contributed by atoms with Crippen LogP contribution in [0.3, 0.4) is 0 Å². The van der Waals surface area contributed by atoms with Gasteiger partial charge in [-0.05, 0) is 37.6 Å². The van der Waals surface area contributed by atoms with Gasteiger partial charge in [-0.2, -0.15) is 0 Å². The van der Waals surface area contributed by atoms with Crippen LogP contribution in [0.2, 0.25) is 0 Å². The van der Waals surface area contributed by atoms with Crippen LogP contribution in [-0.2, 0) is 4.79 Å². The van der Waals surface area contributed by atoms with Crippen LogP contribution in [0.4, 0.5) is 5.69 Å². The number of rotatable bonds is 3. The Morgan fingerprint density at radius 3 is 2.79 bits per heavy atom. The summed E-state index contributed by atoms with van der Waals surface area (Å²) in [4.78, 5) is 25.3. The van der Waals surface area contributed by atoms with Gasteiger partial charge in [0.1, 0.15) is 11.5 Å². The van der Waals surface area contributed by atoms with Crippen molar-refractivity contribution in [2.24, 2.45) is 0 Å². The first-order chi connectivity index (χ1) is 9.04. The van der Waals surface area contributed by atoms with Crippen LogP contribution < -0.4 is 10.9 Å². The number of carbonyl (C=O) groups excluding carboxylic acids is 1. The molecule has 0 radical (unpaired) electrons. The molecular formula is C14H14N2O3. The summed E-state index contributed by atoms with van der Waals surface area (Å²) in [5.41, 5.74) is 1.08. The first-order valence-electron chi connectivity index (χ1n) is 5.79. The number of H-pyrrole nitrogens is 1. The summed E-state index contributed by atoms with van der Waals surface area (Å²) < 4.78 is 5.31. The molecule has 0 aliphatic rings. The Balaban J connectivity index is 2.05.